The number of likely N-dealkylation sites (N-methyl/N-ethyl adjacent to an activating group) is 1. The Morgan fingerprint density at radius 1 is 1.15 bits per heavy atom. The van der Waals surface area contributed by atoms with Gasteiger partial charge in [0.15, 0.2) is 0 Å². The molecule has 180 valence electrons. The molecule has 0 radical (unpaired) electrons. The predicted molar refractivity (Wildman–Crippen MR) is 138 cm³/mol. The van der Waals surface area contributed by atoms with Crippen LogP contribution in [0, 0.1) is 0 Å². The van der Waals surface area contributed by atoms with E-state index in [4.69, 9.17) is 5.73 Å². The van der Waals surface area contributed by atoms with Crippen LogP contribution in [0.1, 0.15) is 37.8 Å². The molecule has 0 saturated carbocycles. The third-order valence-electron chi connectivity index (χ3n) is 5.81. The number of hydrogen-bond acceptors (Lipinski definition) is 4. The first-order valence-corrected chi connectivity index (χ1v) is 13.1. The first-order valence-electron chi connectivity index (χ1n) is 11.5. The number of carbonyl (C=O) groups is 1. The van der Waals surface area contributed by atoms with Crippen LogP contribution in [0.3, 0.4) is 0 Å². The van der Waals surface area contributed by atoms with Crippen molar-refractivity contribution in [2.45, 2.75) is 45.0 Å². The Balaban J connectivity index is 1.73. The van der Waals surface area contributed by atoms with Crippen LogP contribution in [0.5, 0.6) is 0 Å². The molecule has 0 bridgehead atoms. The molecule has 2 aromatic rings. The summed E-state index contributed by atoms with van der Waals surface area (Å²) in [4.78, 5) is 12.8. The number of amides is 1. The molecule has 3 N–H and O–H groups in total. The number of sulfonamides is 1. The molecule has 7 heteroatoms. The quantitative estimate of drug-likeness (QED) is 0.301. The fraction of sp³-hybridized carbons (Fsp3) is 0.296. The van der Waals surface area contributed by atoms with Crippen LogP contribution in [0.15, 0.2) is 90.0 Å². The van der Waals surface area contributed by atoms with E-state index in [9.17, 15) is 13.2 Å². The summed E-state index contributed by atoms with van der Waals surface area (Å²) in [6.45, 7) is 4.45. The molecule has 1 amide bonds. The average molecular weight is 480 g/mol. The van der Waals surface area contributed by atoms with Crippen LogP contribution < -0.4 is 11.1 Å². The molecule has 0 spiro atoms. The van der Waals surface area contributed by atoms with E-state index in [0.29, 0.717) is 37.2 Å². The summed E-state index contributed by atoms with van der Waals surface area (Å²) in [5, 5.41) is 2.92. The van der Waals surface area contributed by atoms with Crippen LogP contribution in [-0.4, -0.2) is 31.2 Å². The lowest BCUT2D eigenvalue weighted by atomic mass is 10.1. The summed E-state index contributed by atoms with van der Waals surface area (Å²) in [5.74, 6) is -0.221. The zero-order chi connectivity index (χ0) is 24.6. The van der Waals surface area contributed by atoms with Gasteiger partial charge in [0.1, 0.15) is 0 Å². The highest BCUT2D eigenvalue weighted by Crippen LogP contribution is 2.28. The molecule has 0 aliphatic heterocycles. The van der Waals surface area contributed by atoms with Gasteiger partial charge in [-0.05, 0) is 48.6 Å². The number of para-hydroxylation sites is 1. The number of allylic oxidation sites excluding steroid dienone is 3. The van der Waals surface area contributed by atoms with Crippen molar-refractivity contribution in [2.75, 3.05) is 12.3 Å². The summed E-state index contributed by atoms with van der Waals surface area (Å²) in [6, 6.07) is 16.4. The second kappa shape index (κ2) is 11.8. The van der Waals surface area contributed by atoms with Gasteiger partial charge in [0.25, 0.3) is 5.91 Å². The predicted octanol–water partition coefficient (Wildman–Crippen LogP) is 4.33. The smallest absolute Gasteiger partial charge is 0.251 e. The number of nitrogens with one attached hydrogen (secondary N) is 1. The van der Waals surface area contributed by atoms with Gasteiger partial charge < -0.3 is 11.1 Å². The minimum atomic E-state index is -3.47. The molecule has 0 fully saturated rings. The van der Waals surface area contributed by atoms with E-state index in [1.807, 2.05) is 80.6 Å². The van der Waals surface area contributed by atoms with Crippen LogP contribution in [-0.2, 0) is 27.1 Å². The summed E-state index contributed by atoms with van der Waals surface area (Å²) < 4.78 is 27.8. The lowest BCUT2D eigenvalue weighted by molar-refractivity contribution is -0.117. The third-order valence-corrected chi connectivity index (χ3v) is 7.75. The number of rotatable bonds is 10. The number of hydrogen-bond donors (Lipinski definition) is 2. The normalized spacial score (nSPS) is 16.7. The second-order valence-electron chi connectivity index (χ2n) is 8.27. The standard InChI is InChI=1S/C27H33N3O3S/c1-3-10-23(27(31)29-19-24-13-8-9-14-26(24)28)17-22-15-16-25(18-22)30(4-2)34(32,33)20-21-11-6-5-7-12-21/h3,5-14,17-18,25H,4,15-16,19-20,28H2,1-2H3,(H,29,31)/b10-3-,23-17+. The van der Waals surface area contributed by atoms with Gasteiger partial charge in [-0.25, -0.2) is 8.42 Å². The van der Waals surface area contributed by atoms with Gasteiger partial charge in [-0.1, -0.05) is 73.7 Å². The molecule has 34 heavy (non-hydrogen) atoms. The molecule has 1 aliphatic carbocycles. The van der Waals surface area contributed by atoms with Crippen molar-refractivity contribution in [1.82, 2.24) is 9.62 Å². The van der Waals surface area contributed by atoms with E-state index >= 15 is 0 Å². The largest absolute Gasteiger partial charge is 0.398 e. The second-order valence-corrected chi connectivity index (χ2v) is 10.2. The molecule has 1 atom stereocenters. The zero-order valence-corrected chi connectivity index (χ0v) is 20.6. The minimum absolute atomic E-state index is 0.0218. The van der Waals surface area contributed by atoms with Crippen molar-refractivity contribution in [3.63, 3.8) is 0 Å². The van der Waals surface area contributed by atoms with Crippen LogP contribution in [0.2, 0.25) is 0 Å². The van der Waals surface area contributed by atoms with Crippen LogP contribution in [0.25, 0.3) is 0 Å². The topological polar surface area (TPSA) is 92.5 Å². The highest BCUT2D eigenvalue weighted by molar-refractivity contribution is 7.88. The first-order chi connectivity index (χ1) is 16.3. The van der Waals surface area contributed by atoms with Gasteiger partial charge >= 0.3 is 0 Å². The van der Waals surface area contributed by atoms with E-state index in [0.717, 1.165) is 16.7 Å². The fourth-order valence-electron chi connectivity index (χ4n) is 4.12. The summed E-state index contributed by atoms with van der Waals surface area (Å²) in [6.07, 6.45) is 8.81. The van der Waals surface area contributed by atoms with Crippen molar-refractivity contribution >= 4 is 21.6 Å². The van der Waals surface area contributed by atoms with Gasteiger partial charge in [-0.2, -0.15) is 4.31 Å². The molecule has 0 aromatic heterocycles. The number of anilines is 1. The summed E-state index contributed by atoms with van der Waals surface area (Å²) >= 11 is 0. The van der Waals surface area contributed by atoms with Crippen LogP contribution >= 0.6 is 0 Å². The minimum Gasteiger partial charge on any atom is -0.398 e. The highest BCUT2D eigenvalue weighted by atomic mass is 32.2. The molecular weight excluding hydrogens is 446 g/mol. The van der Waals surface area contributed by atoms with E-state index in [1.165, 1.54) is 0 Å². The van der Waals surface area contributed by atoms with E-state index < -0.39 is 10.0 Å². The molecule has 2 aromatic carbocycles. The van der Waals surface area contributed by atoms with Gasteiger partial charge in [0, 0.05) is 30.4 Å². The van der Waals surface area contributed by atoms with Crippen molar-refractivity contribution in [3.05, 3.63) is 101 Å². The van der Waals surface area contributed by atoms with Gasteiger partial charge in [0.2, 0.25) is 10.0 Å². The molecule has 6 nitrogen and oxygen atoms in total. The Kier molecular flexibility index (Phi) is 8.85. The molecule has 1 aliphatic rings. The Hall–Kier alpha value is -3.16. The lowest BCUT2D eigenvalue weighted by Gasteiger charge is -2.25. The highest BCUT2D eigenvalue weighted by Gasteiger charge is 2.30. The van der Waals surface area contributed by atoms with E-state index in [-0.39, 0.29) is 17.7 Å². The van der Waals surface area contributed by atoms with Gasteiger partial charge in [0.05, 0.1) is 5.75 Å². The maximum absolute atomic E-state index is 13.1. The Labute approximate surface area is 202 Å². The maximum Gasteiger partial charge on any atom is 0.251 e. The number of nitrogens with two attached hydrogens (primary N) is 1. The van der Waals surface area contributed by atoms with Crippen LogP contribution in [0.4, 0.5) is 5.69 Å². The zero-order valence-electron chi connectivity index (χ0n) is 19.8. The Morgan fingerprint density at radius 2 is 1.85 bits per heavy atom. The molecular formula is C27H33N3O3S. The first kappa shape index (κ1) is 25.5. The summed E-state index contributed by atoms with van der Waals surface area (Å²) in [7, 11) is -3.47. The van der Waals surface area contributed by atoms with Crippen molar-refractivity contribution in [3.8, 4) is 0 Å². The SMILES string of the molecule is C/C=C\C(=C/C1=CC(N(CC)S(=O)(=O)Cc2ccccc2)CC1)C(=O)NCc1ccccc1N. The molecule has 1 unspecified atom stereocenters. The number of nitrogens with zero attached hydrogens (tertiary/aromatic N) is 1. The van der Waals surface area contributed by atoms with E-state index in [1.54, 1.807) is 16.4 Å². The number of benzene rings is 2. The van der Waals surface area contributed by atoms with Crippen molar-refractivity contribution in [2.24, 2.45) is 0 Å². The fourth-order valence-corrected chi connectivity index (χ4v) is 5.87. The maximum atomic E-state index is 13.1. The summed E-state index contributed by atoms with van der Waals surface area (Å²) in [5.41, 5.74) is 9.73. The number of nitrogen functional groups attached to an aromatic ring is 1. The molecule has 0 heterocycles. The Morgan fingerprint density at radius 3 is 2.53 bits per heavy atom. The van der Waals surface area contributed by atoms with Gasteiger partial charge in [-0.15, -0.1) is 0 Å². The van der Waals surface area contributed by atoms with Crippen molar-refractivity contribution in [1.29, 1.82) is 0 Å². The lowest BCUT2D eigenvalue weighted by Crippen LogP contribution is -2.38. The number of carbonyl (C=O) groups excluding carboxylic acids is 1. The monoisotopic (exact) mass is 479 g/mol. The third kappa shape index (κ3) is 6.68. The Bertz CT molecular complexity index is 1180. The molecule has 0 saturated heterocycles. The van der Waals surface area contributed by atoms with E-state index in [2.05, 4.69) is 5.32 Å². The van der Waals surface area contributed by atoms with Gasteiger partial charge in [-0.3, -0.25) is 4.79 Å². The average Bonchev–Trinajstić information content (AvgIpc) is 3.26. The molecule has 3 rings (SSSR count). The van der Waals surface area contributed by atoms with Crippen molar-refractivity contribution < 1.29 is 13.2 Å².